The molecule has 1 aromatic carbocycles. The average molecular weight is 308 g/mol. The minimum absolute atomic E-state index is 0.0548. The van der Waals surface area contributed by atoms with Gasteiger partial charge in [0.25, 0.3) is 5.91 Å². The first-order valence-corrected chi connectivity index (χ1v) is 6.95. The average Bonchev–Trinajstić information content (AvgIpc) is 2.60. The number of carbonyl (C=O) groups is 2. The summed E-state index contributed by atoms with van der Waals surface area (Å²) in [5.74, 6) is -1.84. The lowest BCUT2D eigenvalue weighted by molar-refractivity contribution is -0.203. The number of benzene rings is 1. The van der Waals surface area contributed by atoms with E-state index < -0.39 is 29.7 Å². The van der Waals surface area contributed by atoms with Crippen LogP contribution < -0.4 is 11.1 Å². The van der Waals surface area contributed by atoms with Crippen LogP contribution in [-0.4, -0.2) is 48.1 Å². The van der Waals surface area contributed by atoms with Gasteiger partial charge in [0.05, 0.1) is 25.4 Å². The molecule has 0 bridgehead atoms. The Morgan fingerprint density at radius 3 is 2.59 bits per heavy atom. The Kier molecular flexibility index (Phi) is 4.80. The minimum Gasteiger partial charge on any atom is -0.388 e. The van der Waals surface area contributed by atoms with E-state index in [-0.39, 0.29) is 24.3 Å². The standard InChI is InChI=1S/C15H20N2O5/c1-15(2)21-7-11(12(18)8-22-15)17-14(20)10-5-3-4-9(6-10)13(16)19/h3-6,11-12,18H,7-8H2,1-2H3,(H2,16,19)(H,17,20). The van der Waals surface area contributed by atoms with Crippen molar-refractivity contribution in [3.8, 4) is 0 Å². The quantitative estimate of drug-likeness (QED) is 0.729. The molecule has 1 heterocycles. The number of aliphatic hydroxyl groups is 1. The maximum Gasteiger partial charge on any atom is 0.251 e. The molecule has 120 valence electrons. The summed E-state index contributed by atoms with van der Waals surface area (Å²) in [6, 6.07) is 5.46. The lowest BCUT2D eigenvalue weighted by Gasteiger charge is -2.23. The molecule has 2 rings (SSSR count). The number of aliphatic hydroxyl groups excluding tert-OH is 1. The van der Waals surface area contributed by atoms with Gasteiger partial charge in [-0.25, -0.2) is 0 Å². The van der Waals surface area contributed by atoms with Crippen LogP contribution >= 0.6 is 0 Å². The lowest BCUT2D eigenvalue weighted by atomic mass is 10.1. The van der Waals surface area contributed by atoms with E-state index in [0.29, 0.717) is 0 Å². The summed E-state index contributed by atoms with van der Waals surface area (Å²) in [6.45, 7) is 3.65. The van der Waals surface area contributed by atoms with Gasteiger partial charge in [-0.15, -0.1) is 0 Å². The van der Waals surface area contributed by atoms with Crippen LogP contribution in [0.25, 0.3) is 0 Å². The maximum atomic E-state index is 12.2. The number of hydrogen-bond donors (Lipinski definition) is 3. The van der Waals surface area contributed by atoms with Gasteiger partial charge in [0, 0.05) is 11.1 Å². The number of hydrogen-bond acceptors (Lipinski definition) is 5. The number of nitrogens with two attached hydrogens (primary N) is 1. The van der Waals surface area contributed by atoms with E-state index in [1.165, 1.54) is 12.1 Å². The first-order chi connectivity index (χ1) is 10.3. The summed E-state index contributed by atoms with van der Waals surface area (Å²) in [7, 11) is 0. The van der Waals surface area contributed by atoms with Crippen molar-refractivity contribution in [3.05, 3.63) is 35.4 Å². The van der Waals surface area contributed by atoms with Crippen LogP contribution in [0.1, 0.15) is 34.6 Å². The van der Waals surface area contributed by atoms with Crippen LogP contribution in [0.5, 0.6) is 0 Å². The van der Waals surface area contributed by atoms with Gasteiger partial charge in [-0.3, -0.25) is 9.59 Å². The van der Waals surface area contributed by atoms with E-state index in [9.17, 15) is 14.7 Å². The van der Waals surface area contributed by atoms with Crippen LogP contribution in [0.2, 0.25) is 0 Å². The second-order valence-electron chi connectivity index (χ2n) is 5.61. The summed E-state index contributed by atoms with van der Waals surface area (Å²) in [5, 5.41) is 12.7. The van der Waals surface area contributed by atoms with Gasteiger partial charge in [0.1, 0.15) is 0 Å². The smallest absolute Gasteiger partial charge is 0.251 e. The molecule has 0 aliphatic carbocycles. The zero-order valence-electron chi connectivity index (χ0n) is 12.5. The van der Waals surface area contributed by atoms with Gasteiger partial charge in [0.2, 0.25) is 5.91 Å². The number of nitrogens with one attached hydrogen (secondary N) is 1. The lowest BCUT2D eigenvalue weighted by Crippen LogP contribution is -2.46. The van der Waals surface area contributed by atoms with Gasteiger partial charge >= 0.3 is 0 Å². The fourth-order valence-corrected chi connectivity index (χ4v) is 2.05. The Hall–Kier alpha value is -1.96. The summed E-state index contributed by atoms with van der Waals surface area (Å²) >= 11 is 0. The van der Waals surface area contributed by atoms with E-state index in [1.807, 2.05) is 0 Å². The summed E-state index contributed by atoms with van der Waals surface area (Å²) in [4.78, 5) is 23.4. The molecule has 1 aliphatic rings. The summed E-state index contributed by atoms with van der Waals surface area (Å²) in [6.07, 6.45) is -0.884. The van der Waals surface area contributed by atoms with E-state index in [1.54, 1.807) is 26.0 Å². The predicted molar refractivity (Wildman–Crippen MR) is 78.2 cm³/mol. The second-order valence-corrected chi connectivity index (χ2v) is 5.61. The number of carbonyl (C=O) groups excluding carboxylic acids is 2. The van der Waals surface area contributed by atoms with Crippen molar-refractivity contribution in [1.29, 1.82) is 0 Å². The largest absolute Gasteiger partial charge is 0.388 e. The molecule has 0 aromatic heterocycles. The molecule has 1 fully saturated rings. The monoisotopic (exact) mass is 308 g/mol. The Morgan fingerprint density at radius 1 is 1.27 bits per heavy atom. The van der Waals surface area contributed by atoms with Crippen LogP contribution in [0.4, 0.5) is 0 Å². The molecule has 0 saturated carbocycles. The Bertz CT molecular complexity index is 573. The molecule has 1 aromatic rings. The SMILES string of the molecule is CC1(C)OCC(O)C(NC(=O)c2cccc(C(N)=O)c2)CO1. The van der Waals surface area contributed by atoms with Crippen molar-refractivity contribution in [2.75, 3.05) is 13.2 Å². The Balaban J connectivity index is 2.07. The zero-order chi connectivity index (χ0) is 16.3. The first-order valence-electron chi connectivity index (χ1n) is 6.95. The predicted octanol–water partition coefficient (Wildman–Crippen LogP) is 0.0277. The molecule has 7 heteroatoms. The molecule has 22 heavy (non-hydrogen) atoms. The van der Waals surface area contributed by atoms with Gasteiger partial charge in [-0.1, -0.05) is 6.07 Å². The third-order valence-corrected chi connectivity index (χ3v) is 3.40. The van der Waals surface area contributed by atoms with Crippen molar-refractivity contribution < 1.29 is 24.2 Å². The number of amides is 2. The molecule has 0 spiro atoms. The van der Waals surface area contributed by atoms with Crippen molar-refractivity contribution >= 4 is 11.8 Å². The topological polar surface area (TPSA) is 111 Å². The van der Waals surface area contributed by atoms with Gasteiger partial charge in [-0.2, -0.15) is 0 Å². The number of ether oxygens (including phenoxy) is 2. The molecular formula is C15H20N2O5. The molecule has 1 aliphatic heterocycles. The highest BCUT2D eigenvalue weighted by Crippen LogP contribution is 2.17. The number of primary amides is 1. The first kappa shape index (κ1) is 16.4. The fourth-order valence-electron chi connectivity index (χ4n) is 2.05. The minimum atomic E-state index is -0.884. The summed E-state index contributed by atoms with van der Waals surface area (Å²) in [5.41, 5.74) is 5.72. The van der Waals surface area contributed by atoms with Crippen molar-refractivity contribution in [2.45, 2.75) is 31.8 Å². The molecule has 4 N–H and O–H groups in total. The van der Waals surface area contributed by atoms with E-state index in [4.69, 9.17) is 15.2 Å². The highest BCUT2D eigenvalue weighted by atomic mass is 16.7. The second kappa shape index (κ2) is 6.43. The highest BCUT2D eigenvalue weighted by Gasteiger charge is 2.32. The molecular weight excluding hydrogens is 288 g/mol. The third-order valence-electron chi connectivity index (χ3n) is 3.40. The third kappa shape index (κ3) is 4.03. The van der Waals surface area contributed by atoms with Crippen LogP contribution in [0, 0.1) is 0 Å². The van der Waals surface area contributed by atoms with Crippen LogP contribution in [-0.2, 0) is 9.47 Å². The van der Waals surface area contributed by atoms with E-state index >= 15 is 0 Å². The number of rotatable bonds is 3. The fraction of sp³-hybridized carbons (Fsp3) is 0.467. The zero-order valence-corrected chi connectivity index (χ0v) is 12.5. The maximum absolute atomic E-state index is 12.2. The normalized spacial score (nSPS) is 24.3. The van der Waals surface area contributed by atoms with Crippen molar-refractivity contribution in [1.82, 2.24) is 5.32 Å². The van der Waals surface area contributed by atoms with E-state index in [0.717, 1.165) is 0 Å². The van der Waals surface area contributed by atoms with Crippen molar-refractivity contribution in [2.24, 2.45) is 5.73 Å². The van der Waals surface area contributed by atoms with Gasteiger partial charge < -0.3 is 25.6 Å². The molecule has 2 amide bonds. The molecule has 1 saturated heterocycles. The highest BCUT2D eigenvalue weighted by molar-refractivity contribution is 5.99. The van der Waals surface area contributed by atoms with Gasteiger partial charge in [-0.05, 0) is 32.0 Å². The Labute approximate surface area is 128 Å². The van der Waals surface area contributed by atoms with Gasteiger partial charge in [0.15, 0.2) is 5.79 Å². The molecule has 2 unspecified atom stereocenters. The van der Waals surface area contributed by atoms with Crippen LogP contribution in [0.15, 0.2) is 24.3 Å². The molecule has 2 atom stereocenters. The van der Waals surface area contributed by atoms with Crippen LogP contribution in [0.3, 0.4) is 0 Å². The van der Waals surface area contributed by atoms with E-state index in [2.05, 4.69) is 5.32 Å². The molecule has 0 radical (unpaired) electrons. The Morgan fingerprint density at radius 2 is 1.91 bits per heavy atom. The molecule has 7 nitrogen and oxygen atoms in total. The van der Waals surface area contributed by atoms with Crippen molar-refractivity contribution in [3.63, 3.8) is 0 Å². The summed E-state index contributed by atoms with van der Waals surface area (Å²) < 4.78 is 10.9.